The first-order chi connectivity index (χ1) is 13.4. The Labute approximate surface area is 170 Å². The summed E-state index contributed by atoms with van der Waals surface area (Å²) in [6.45, 7) is 10.1. The molecule has 0 radical (unpaired) electrons. The molecule has 1 N–H and O–H groups in total. The van der Waals surface area contributed by atoms with Gasteiger partial charge in [0.25, 0.3) is 5.91 Å². The number of imidazole rings is 1. The van der Waals surface area contributed by atoms with Crippen LogP contribution < -0.4 is 5.32 Å². The van der Waals surface area contributed by atoms with Crippen molar-refractivity contribution in [3.63, 3.8) is 0 Å². The van der Waals surface area contributed by atoms with Gasteiger partial charge in [-0.25, -0.2) is 9.97 Å². The number of ether oxygens (including phenoxy) is 1. The standard InChI is InChI=1S/C20H29N5O2S/c1-14(2)10-22-18(26)17-12-25-9-6-21-19(25)20(27-17)4-7-24(8-5-20)11-16-13-28-15(3)23-16/h6,9,13-14,17H,4-5,7-8,10-12H2,1-3H3,(H,22,26). The van der Waals surface area contributed by atoms with Crippen molar-refractivity contribution in [3.8, 4) is 0 Å². The van der Waals surface area contributed by atoms with Crippen LogP contribution in [-0.2, 0) is 28.2 Å². The molecule has 0 bridgehead atoms. The van der Waals surface area contributed by atoms with E-state index in [0.717, 1.165) is 49.0 Å². The third kappa shape index (κ3) is 3.99. The zero-order valence-corrected chi connectivity index (χ0v) is 17.7. The van der Waals surface area contributed by atoms with Gasteiger partial charge in [0.2, 0.25) is 0 Å². The van der Waals surface area contributed by atoms with Gasteiger partial charge in [0.05, 0.1) is 17.2 Å². The lowest BCUT2D eigenvalue weighted by Crippen LogP contribution is -2.54. The van der Waals surface area contributed by atoms with Crippen molar-refractivity contribution in [2.45, 2.75) is 58.4 Å². The third-order valence-electron chi connectivity index (χ3n) is 5.55. The Morgan fingerprint density at radius 2 is 2.21 bits per heavy atom. The van der Waals surface area contributed by atoms with Crippen LogP contribution in [0, 0.1) is 12.8 Å². The molecule has 8 heteroatoms. The van der Waals surface area contributed by atoms with Gasteiger partial charge in [0.15, 0.2) is 6.10 Å². The zero-order chi connectivity index (χ0) is 19.7. The first-order valence-electron chi connectivity index (χ1n) is 10.1. The molecule has 1 saturated heterocycles. The highest BCUT2D eigenvalue weighted by atomic mass is 32.1. The van der Waals surface area contributed by atoms with Crippen LogP contribution in [0.15, 0.2) is 17.8 Å². The van der Waals surface area contributed by atoms with Gasteiger partial charge in [-0.05, 0) is 25.7 Å². The summed E-state index contributed by atoms with van der Waals surface area (Å²) < 4.78 is 8.56. The number of piperidine rings is 1. The Balaban J connectivity index is 1.45. The van der Waals surface area contributed by atoms with Crippen molar-refractivity contribution in [1.29, 1.82) is 0 Å². The second-order valence-electron chi connectivity index (χ2n) is 8.28. The number of likely N-dealkylation sites (tertiary alicyclic amines) is 1. The maximum Gasteiger partial charge on any atom is 0.251 e. The average Bonchev–Trinajstić information content (AvgIpc) is 3.31. The number of aromatic nitrogens is 3. The van der Waals surface area contributed by atoms with Crippen LogP contribution in [0.25, 0.3) is 0 Å². The van der Waals surface area contributed by atoms with E-state index in [4.69, 9.17) is 4.74 Å². The number of nitrogens with zero attached hydrogens (tertiary/aromatic N) is 4. The van der Waals surface area contributed by atoms with Crippen molar-refractivity contribution in [2.75, 3.05) is 19.6 Å². The maximum atomic E-state index is 12.7. The molecule has 152 valence electrons. The molecule has 0 saturated carbocycles. The van der Waals surface area contributed by atoms with E-state index in [9.17, 15) is 4.79 Å². The molecule has 4 heterocycles. The summed E-state index contributed by atoms with van der Waals surface area (Å²) in [5, 5.41) is 6.27. The molecule has 1 unspecified atom stereocenters. The summed E-state index contributed by atoms with van der Waals surface area (Å²) in [5.41, 5.74) is 0.659. The average molecular weight is 404 g/mol. The van der Waals surface area contributed by atoms with Gasteiger partial charge in [-0.15, -0.1) is 11.3 Å². The lowest BCUT2D eigenvalue weighted by atomic mass is 9.88. The molecule has 7 nitrogen and oxygen atoms in total. The summed E-state index contributed by atoms with van der Waals surface area (Å²) in [6.07, 6.45) is 4.99. The minimum Gasteiger partial charge on any atom is -0.354 e. The number of carbonyl (C=O) groups excluding carboxylic acids is 1. The summed E-state index contributed by atoms with van der Waals surface area (Å²) in [5.74, 6) is 1.36. The van der Waals surface area contributed by atoms with Gasteiger partial charge in [-0.3, -0.25) is 9.69 Å². The van der Waals surface area contributed by atoms with Crippen LogP contribution in [0.3, 0.4) is 0 Å². The van der Waals surface area contributed by atoms with Crippen molar-refractivity contribution in [2.24, 2.45) is 5.92 Å². The molecule has 1 atom stereocenters. The van der Waals surface area contributed by atoms with E-state index >= 15 is 0 Å². The van der Waals surface area contributed by atoms with E-state index in [1.54, 1.807) is 11.3 Å². The summed E-state index contributed by atoms with van der Waals surface area (Å²) >= 11 is 1.70. The zero-order valence-electron chi connectivity index (χ0n) is 16.9. The summed E-state index contributed by atoms with van der Waals surface area (Å²) in [4.78, 5) is 24.3. The molecule has 2 aliphatic heterocycles. The highest BCUT2D eigenvalue weighted by Gasteiger charge is 2.47. The van der Waals surface area contributed by atoms with Gasteiger partial charge in [0, 0.05) is 44.0 Å². The van der Waals surface area contributed by atoms with E-state index in [1.165, 1.54) is 0 Å². The van der Waals surface area contributed by atoms with Crippen LogP contribution >= 0.6 is 11.3 Å². The van der Waals surface area contributed by atoms with Crippen LogP contribution in [0.2, 0.25) is 0 Å². The molecule has 1 amide bonds. The first-order valence-corrected chi connectivity index (χ1v) is 10.9. The number of aryl methyl sites for hydroxylation is 1. The van der Waals surface area contributed by atoms with Crippen LogP contribution in [0.4, 0.5) is 0 Å². The molecular weight excluding hydrogens is 374 g/mol. The number of thiazole rings is 1. The molecule has 2 aromatic heterocycles. The van der Waals surface area contributed by atoms with Gasteiger partial charge in [-0.2, -0.15) is 0 Å². The van der Waals surface area contributed by atoms with E-state index in [0.29, 0.717) is 19.0 Å². The Kier molecular flexibility index (Phi) is 5.53. The fourth-order valence-corrected chi connectivity index (χ4v) is 4.68. The number of fused-ring (bicyclic) bond motifs is 2. The highest BCUT2D eigenvalue weighted by Crippen LogP contribution is 2.40. The van der Waals surface area contributed by atoms with Crippen LogP contribution in [0.1, 0.15) is 43.2 Å². The van der Waals surface area contributed by atoms with Crippen LogP contribution in [0.5, 0.6) is 0 Å². The predicted octanol–water partition coefficient (Wildman–Crippen LogP) is 2.31. The molecule has 0 aliphatic carbocycles. The van der Waals surface area contributed by atoms with Gasteiger partial charge in [0.1, 0.15) is 11.4 Å². The molecule has 1 spiro atoms. The number of carbonyl (C=O) groups is 1. The summed E-state index contributed by atoms with van der Waals surface area (Å²) in [7, 11) is 0. The second kappa shape index (κ2) is 7.93. The van der Waals surface area contributed by atoms with Gasteiger partial charge < -0.3 is 14.6 Å². The topological polar surface area (TPSA) is 72.3 Å². The molecular formula is C20H29N5O2S. The number of amides is 1. The van der Waals surface area contributed by atoms with Gasteiger partial charge >= 0.3 is 0 Å². The minimum atomic E-state index is -0.476. The number of hydrogen-bond donors (Lipinski definition) is 1. The van der Waals surface area contributed by atoms with Crippen molar-refractivity contribution in [3.05, 3.63) is 34.3 Å². The molecule has 28 heavy (non-hydrogen) atoms. The first kappa shape index (κ1) is 19.5. The summed E-state index contributed by atoms with van der Waals surface area (Å²) in [6, 6.07) is 0. The predicted molar refractivity (Wildman–Crippen MR) is 108 cm³/mol. The molecule has 2 aromatic rings. The lowest BCUT2D eigenvalue weighted by Gasteiger charge is -2.45. The molecule has 4 rings (SSSR count). The Hall–Kier alpha value is -1.77. The van der Waals surface area contributed by atoms with Gasteiger partial charge in [-0.1, -0.05) is 13.8 Å². The largest absolute Gasteiger partial charge is 0.354 e. The van der Waals surface area contributed by atoms with Crippen molar-refractivity contribution in [1.82, 2.24) is 24.8 Å². The number of nitrogens with one attached hydrogen (secondary N) is 1. The smallest absolute Gasteiger partial charge is 0.251 e. The second-order valence-corrected chi connectivity index (χ2v) is 9.34. The molecule has 2 aliphatic rings. The van der Waals surface area contributed by atoms with Crippen molar-refractivity contribution >= 4 is 17.2 Å². The van der Waals surface area contributed by atoms with Crippen molar-refractivity contribution < 1.29 is 9.53 Å². The van der Waals surface area contributed by atoms with E-state index in [2.05, 4.69) is 44.0 Å². The molecule has 1 fully saturated rings. The van der Waals surface area contributed by atoms with E-state index in [1.807, 2.05) is 19.3 Å². The lowest BCUT2D eigenvalue weighted by molar-refractivity contribution is -0.174. The van der Waals surface area contributed by atoms with E-state index < -0.39 is 11.7 Å². The fraction of sp³-hybridized carbons (Fsp3) is 0.650. The fourth-order valence-electron chi connectivity index (χ4n) is 4.08. The highest BCUT2D eigenvalue weighted by molar-refractivity contribution is 7.09. The quantitative estimate of drug-likeness (QED) is 0.829. The minimum absolute atomic E-state index is 0.0206. The normalized spacial score (nSPS) is 21.8. The number of rotatable bonds is 5. The Morgan fingerprint density at radius 3 is 2.89 bits per heavy atom. The number of hydrogen-bond acceptors (Lipinski definition) is 6. The molecule has 0 aromatic carbocycles. The maximum absolute atomic E-state index is 12.7. The third-order valence-corrected chi connectivity index (χ3v) is 6.37. The Morgan fingerprint density at radius 1 is 1.43 bits per heavy atom. The Bertz CT molecular complexity index is 822. The van der Waals surface area contributed by atoms with Crippen LogP contribution in [-0.4, -0.2) is 51.1 Å². The SMILES string of the molecule is Cc1nc(CN2CCC3(CC2)OC(C(=O)NCC(C)C)Cn2ccnc23)cs1. The monoisotopic (exact) mass is 403 g/mol. The van der Waals surface area contributed by atoms with E-state index in [-0.39, 0.29) is 5.91 Å².